The van der Waals surface area contributed by atoms with E-state index in [2.05, 4.69) is 17.6 Å². The molecule has 0 saturated carbocycles. The predicted octanol–water partition coefficient (Wildman–Crippen LogP) is 3.12. The highest BCUT2D eigenvalue weighted by atomic mass is 16.3. The molecule has 1 aliphatic rings. The molecule has 1 saturated heterocycles. The fraction of sp³-hybridized carbons (Fsp3) is 0.588. The fourth-order valence-corrected chi connectivity index (χ4v) is 3.16. The van der Waals surface area contributed by atoms with Gasteiger partial charge in [-0.05, 0) is 69.5 Å². The van der Waals surface area contributed by atoms with Gasteiger partial charge in [-0.15, -0.1) is 0 Å². The van der Waals surface area contributed by atoms with Crippen molar-refractivity contribution >= 4 is 11.6 Å². The van der Waals surface area contributed by atoms with Crippen LogP contribution in [0.1, 0.15) is 43.7 Å². The molecule has 0 spiro atoms. The highest BCUT2D eigenvalue weighted by molar-refractivity contribution is 5.96. The third-order valence-corrected chi connectivity index (χ3v) is 4.56. The molecule has 2 rings (SSSR count). The van der Waals surface area contributed by atoms with E-state index in [9.17, 15) is 9.90 Å². The topological polar surface area (TPSA) is 61.4 Å². The summed E-state index contributed by atoms with van der Waals surface area (Å²) in [5.41, 5.74) is 2.24. The van der Waals surface area contributed by atoms with Gasteiger partial charge in [0.05, 0.1) is 5.41 Å². The number of aryl methyl sites for hydroxylation is 2. The predicted molar refractivity (Wildman–Crippen MR) is 85.7 cm³/mol. The van der Waals surface area contributed by atoms with Crippen molar-refractivity contribution in [3.05, 3.63) is 23.3 Å². The van der Waals surface area contributed by atoms with Crippen LogP contribution < -0.4 is 10.6 Å². The molecule has 4 nitrogen and oxygen atoms in total. The van der Waals surface area contributed by atoms with Crippen molar-refractivity contribution in [1.29, 1.82) is 0 Å². The Morgan fingerprint density at radius 3 is 2.57 bits per heavy atom. The van der Waals surface area contributed by atoms with E-state index in [1.807, 2.05) is 19.9 Å². The molecule has 1 aliphatic heterocycles. The number of hydrogen-bond donors (Lipinski definition) is 3. The molecule has 1 fully saturated rings. The van der Waals surface area contributed by atoms with Crippen molar-refractivity contribution in [3.63, 3.8) is 0 Å². The lowest BCUT2D eigenvalue weighted by molar-refractivity contribution is -0.127. The number of hydrogen-bond acceptors (Lipinski definition) is 3. The Morgan fingerprint density at radius 1 is 1.29 bits per heavy atom. The van der Waals surface area contributed by atoms with Gasteiger partial charge in [0.2, 0.25) is 5.91 Å². The number of anilines is 1. The van der Waals surface area contributed by atoms with E-state index in [1.54, 1.807) is 6.07 Å². The van der Waals surface area contributed by atoms with Crippen LogP contribution in [0.2, 0.25) is 0 Å². The summed E-state index contributed by atoms with van der Waals surface area (Å²) < 4.78 is 0. The minimum Gasteiger partial charge on any atom is -0.508 e. The van der Waals surface area contributed by atoms with Crippen LogP contribution in [-0.2, 0) is 4.79 Å². The van der Waals surface area contributed by atoms with E-state index in [0.717, 1.165) is 55.6 Å². The summed E-state index contributed by atoms with van der Waals surface area (Å²) in [5, 5.41) is 16.1. The summed E-state index contributed by atoms with van der Waals surface area (Å²) in [6, 6.07) is 3.56. The van der Waals surface area contributed by atoms with Crippen LogP contribution >= 0.6 is 0 Å². The zero-order valence-electron chi connectivity index (χ0n) is 13.3. The van der Waals surface area contributed by atoms with Crippen LogP contribution in [0.15, 0.2) is 12.1 Å². The van der Waals surface area contributed by atoms with Crippen LogP contribution in [-0.4, -0.2) is 24.1 Å². The first kappa shape index (κ1) is 15.8. The number of phenolic OH excluding ortho intramolecular Hbond substituents is 1. The Labute approximate surface area is 126 Å². The lowest BCUT2D eigenvalue weighted by Gasteiger charge is -2.36. The summed E-state index contributed by atoms with van der Waals surface area (Å²) in [4.78, 5) is 12.8. The van der Waals surface area contributed by atoms with Crippen LogP contribution in [0.25, 0.3) is 0 Å². The molecule has 1 amide bonds. The third kappa shape index (κ3) is 3.38. The lowest BCUT2D eigenvalue weighted by Crippen LogP contribution is -2.45. The molecule has 4 heteroatoms. The highest BCUT2D eigenvalue weighted by Gasteiger charge is 2.38. The average Bonchev–Trinajstić information content (AvgIpc) is 2.46. The molecular weight excluding hydrogens is 264 g/mol. The van der Waals surface area contributed by atoms with Crippen LogP contribution in [0.4, 0.5) is 5.69 Å². The maximum Gasteiger partial charge on any atom is 0.230 e. The smallest absolute Gasteiger partial charge is 0.230 e. The number of rotatable bonds is 4. The van der Waals surface area contributed by atoms with Gasteiger partial charge in [-0.3, -0.25) is 4.79 Å². The van der Waals surface area contributed by atoms with Gasteiger partial charge in [-0.1, -0.05) is 13.3 Å². The average molecular weight is 290 g/mol. The van der Waals surface area contributed by atoms with Gasteiger partial charge in [0, 0.05) is 5.69 Å². The standard InChI is InChI=1S/C17H26N2O2/c1-4-5-17(6-8-18-9-7-17)16(21)19-14-10-13(3)15(20)11-12(14)2/h10-11,18,20H,4-9H2,1-3H3,(H,19,21). The van der Waals surface area contributed by atoms with E-state index in [0.29, 0.717) is 0 Å². The minimum atomic E-state index is -0.252. The number of piperidine rings is 1. The van der Waals surface area contributed by atoms with Crippen LogP contribution in [0.3, 0.4) is 0 Å². The van der Waals surface area contributed by atoms with Crippen molar-refractivity contribution in [1.82, 2.24) is 5.32 Å². The van der Waals surface area contributed by atoms with Crippen molar-refractivity contribution in [2.75, 3.05) is 18.4 Å². The number of nitrogens with one attached hydrogen (secondary N) is 2. The van der Waals surface area contributed by atoms with Gasteiger partial charge >= 0.3 is 0 Å². The Balaban J connectivity index is 2.21. The Hall–Kier alpha value is -1.55. The molecular formula is C17H26N2O2. The Bertz CT molecular complexity index is 514. The number of phenols is 1. The minimum absolute atomic E-state index is 0.124. The number of benzene rings is 1. The van der Waals surface area contributed by atoms with E-state index >= 15 is 0 Å². The van der Waals surface area contributed by atoms with E-state index in [4.69, 9.17) is 0 Å². The molecule has 0 radical (unpaired) electrons. The number of aromatic hydroxyl groups is 1. The number of carbonyl (C=O) groups is 1. The van der Waals surface area contributed by atoms with Crippen molar-refractivity contribution < 1.29 is 9.90 Å². The first-order valence-electron chi connectivity index (χ1n) is 7.81. The zero-order valence-corrected chi connectivity index (χ0v) is 13.3. The number of carbonyl (C=O) groups excluding carboxylic acids is 1. The first-order chi connectivity index (χ1) is 9.98. The maximum atomic E-state index is 12.8. The molecule has 1 aromatic rings. The maximum absolute atomic E-state index is 12.8. The normalized spacial score (nSPS) is 17.5. The quantitative estimate of drug-likeness (QED) is 0.747. The summed E-state index contributed by atoms with van der Waals surface area (Å²) >= 11 is 0. The summed E-state index contributed by atoms with van der Waals surface area (Å²) in [6.07, 6.45) is 3.73. The van der Waals surface area contributed by atoms with E-state index in [-0.39, 0.29) is 17.1 Å². The summed E-state index contributed by atoms with van der Waals surface area (Å²) in [5.74, 6) is 0.398. The second-order valence-corrected chi connectivity index (χ2v) is 6.19. The number of amides is 1. The van der Waals surface area contributed by atoms with Crippen LogP contribution in [0, 0.1) is 19.3 Å². The Morgan fingerprint density at radius 2 is 1.95 bits per heavy atom. The molecule has 0 unspecified atom stereocenters. The van der Waals surface area contributed by atoms with Gasteiger partial charge in [-0.2, -0.15) is 0 Å². The van der Waals surface area contributed by atoms with Gasteiger partial charge in [-0.25, -0.2) is 0 Å². The molecule has 0 aromatic heterocycles. The van der Waals surface area contributed by atoms with E-state index < -0.39 is 0 Å². The SMILES string of the molecule is CCCC1(C(=O)Nc2cc(C)c(O)cc2C)CCNCC1. The van der Waals surface area contributed by atoms with E-state index in [1.165, 1.54) is 0 Å². The fourth-order valence-electron chi connectivity index (χ4n) is 3.16. The first-order valence-corrected chi connectivity index (χ1v) is 7.81. The molecule has 0 bridgehead atoms. The molecule has 1 aromatic carbocycles. The monoisotopic (exact) mass is 290 g/mol. The molecule has 21 heavy (non-hydrogen) atoms. The summed E-state index contributed by atoms with van der Waals surface area (Å²) in [7, 11) is 0. The van der Waals surface area contributed by atoms with Crippen LogP contribution in [0.5, 0.6) is 5.75 Å². The van der Waals surface area contributed by atoms with Crippen molar-refractivity contribution in [2.24, 2.45) is 5.41 Å². The van der Waals surface area contributed by atoms with Gasteiger partial charge in [0.15, 0.2) is 0 Å². The second kappa shape index (κ2) is 6.48. The van der Waals surface area contributed by atoms with Crippen molar-refractivity contribution in [3.8, 4) is 5.75 Å². The zero-order chi connectivity index (χ0) is 15.5. The third-order valence-electron chi connectivity index (χ3n) is 4.56. The molecule has 1 heterocycles. The van der Waals surface area contributed by atoms with Crippen molar-refractivity contribution in [2.45, 2.75) is 46.5 Å². The molecule has 0 aliphatic carbocycles. The molecule has 116 valence electrons. The Kier molecular flexibility index (Phi) is 4.88. The highest BCUT2D eigenvalue weighted by Crippen LogP contribution is 2.36. The lowest BCUT2D eigenvalue weighted by atomic mass is 9.74. The largest absolute Gasteiger partial charge is 0.508 e. The van der Waals surface area contributed by atoms with Gasteiger partial charge in [0.1, 0.15) is 5.75 Å². The van der Waals surface area contributed by atoms with Gasteiger partial charge < -0.3 is 15.7 Å². The molecule has 0 atom stereocenters. The second-order valence-electron chi connectivity index (χ2n) is 6.19. The summed E-state index contributed by atoms with van der Waals surface area (Å²) in [6.45, 7) is 7.69. The molecule has 3 N–H and O–H groups in total. The van der Waals surface area contributed by atoms with Gasteiger partial charge in [0.25, 0.3) is 0 Å².